The van der Waals surface area contributed by atoms with Gasteiger partial charge in [-0.1, -0.05) is 0 Å². The number of carbonyl (C=O) groups excluding carboxylic acids is 3. The predicted octanol–water partition coefficient (Wildman–Crippen LogP) is 3.87. The molecule has 0 fully saturated rings. The van der Waals surface area contributed by atoms with Crippen LogP contribution in [-0.4, -0.2) is 48.8 Å². The third-order valence-electron chi connectivity index (χ3n) is 3.10. The molecule has 3 N–H and O–H groups in total. The van der Waals surface area contributed by atoms with Gasteiger partial charge >= 0.3 is 12.1 Å². The Morgan fingerprint density at radius 3 is 1.70 bits per heavy atom. The van der Waals surface area contributed by atoms with E-state index in [4.69, 9.17) is 4.55 Å². The SMILES string of the molecule is CC(=O)Nc1c(Br)c(NC(C)=O)c(Br)c(C(=O)OC(CS(=O)(=O)O)C(F)(F)F)c1Br. The van der Waals surface area contributed by atoms with Crippen molar-refractivity contribution in [3.8, 4) is 0 Å². The first-order chi connectivity index (χ1) is 13.5. The normalized spacial score (nSPS) is 12.8. The van der Waals surface area contributed by atoms with Crippen LogP contribution in [0, 0.1) is 0 Å². The van der Waals surface area contributed by atoms with Crippen LogP contribution in [-0.2, 0) is 24.4 Å². The Bertz CT molecular complexity index is 956. The number of halogens is 6. The van der Waals surface area contributed by atoms with Gasteiger partial charge in [0.25, 0.3) is 10.1 Å². The van der Waals surface area contributed by atoms with Crippen molar-refractivity contribution in [2.45, 2.75) is 26.1 Å². The van der Waals surface area contributed by atoms with Crippen LogP contribution in [0.3, 0.4) is 0 Å². The van der Waals surface area contributed by atoms with Crippen LogP contribution in [0.4, 0.5) is 24.5 Å². The van der Waals surface area contributed by atoms with E-state index in [1.54, 1.807) is 0 Å². The Hall–Kier alpha value is -1.23. The molecule has 1 unspecified atom stereocenters. The third-order valence-corrected chi connectivity index (χ3v) is 6.20. The highest BCUT2D eigenvalue weighted by atomic mass is 79.9. The number of esters is 1. The Morgan fingerprint density at radius 1 is 1.00 bits per heavy atom. The summed E-state index contributed by atoms with van der Waals surface area (Å²) in [6.07, 6.45) is -8.50. The Labute approximate surface area is 193 Å². The van der Waals surface area contributed by atoms with Crippen molar-refractivity contribution in [3.05, 3.63) is 19.0 Å². The van der Waals surface area contributed by atoms with Gasteiger partial charge in [0.05, 0.1) is 30.4 Å². The second kappa shape index (κ2) is 9.93. The van der Waals surface area contributed by atoms with Crippen LogP contribution in [0.25, 0.3) is 0 Å². The molecule has 9 nitrogen and oxygen atoms in total. The summed E-state index contributed by atoms with van der Waals surface area (Å²) in [4.78, 5) is 35.5. The maximum absolute atomic E-state index is 13.1. The minimum Gasteiger partial charge on any atom is -0.448 e. The number of rotatable bonds is 6. The summed E-state index contributed by atoms with van der Waals surface area (Å²) >= 11 is 9.07. The highest BCUT2D eigenvalue weighted by Gasteiger charge is 2.46. The van der Waals surface area contributed by atoms with Gasteiger partial charge in [0.15, 0.2) is 0 Å². The van der Waals surface area contributed by atoms with Gasteiger partial charge in [0.2, 0.25) is 17.9 Å². The summed E-state index contributed by atoms with van der Waals surface area (Å²) in [5, 5.41) is 4.66. The van der Waals surface area contributed by atoms with E-state index in [2.05, 4.69) is 63.2 Å². The average molecular weight is 649 g/mol. The lowest BCUT2D eigenvalue weighted by atomic mass is 10.1. The van der Waals surface area contributed by atoms with E-state index in [0.717, 1.165) is 13.8 Å². The van der Waals surface area contributed by atoms with Crippen LogP contribution in [0.5, 0.6) is 0 Å². The highest BCUT2D eigenvalue weighted by Crippen LogP contribution is 2.46. The maximum atomic E-state index is 13.1. The molecule has 1 aromatic rings. The van der Waals surface area contributed by atoms with Crippen molar-refractivity contribution in [2.75, 3.05) is 16.4 Å². The molecule has 1 aromatic carbocycles. The average Bonchev–Trinajstić information content (AvgIpc) is 2.52. The van der Waals surface area contributed by atoms with E-state index in [0.29, 0.717) is 0 Å². The Balaban J connectivity index is 3.62. The molecule has 0 saturated heterocycles. The number of carbonyl (C=O) groups is 3. The van der Waals surface area contributed by atoms with Crippen molar-refractivity contribution in [3.63, 3.8) is 0 Å². The van der Waals surface area contributed by atoms with E-state index < -0.39 is 51.5 Å². The van der Waals surface area contributed by atoms with E-state index in [9.17, 15) is 36.0 Å². The van der Waals surface area contributed by atoms with Crippen molar-refractivity contribution >= 4 is 87.1 Å². The molecule has 0 aliphatic carbocycles. The van der Waals surface area contributed by atoms with Gasteiger partial charge < -0.3 is 15.4 Å². The van der Waals surface area contributed by atoms with Crippen LogP contribution < -0.4 is 10.6 Å². The molecule has 0 radical (unpaired) electrons. The second-order valence-corrected chi connectivity index (χ2v) is 9.49. The molecule has 0 aromatic heterocycles. The number of anilines is 2. The zero-order valence-electron chi connectivity index (χ0n) is 14.9. The van der Waals surface area contributed by atoms with Gasteiger partial charge in [-0.15, -0.1) is 0 Å². The molecule has 0 aliphatic heterocycles. The largest absolute Gasteiger partial charge is 0.448 e. The van der Waals surface area contributed by atoms with Gasteiger partial charge in [-0.2, -0.15) is 21.6 Å². The minimum atomic E-state index is -5.32. The van der Waals surface area contributed by atoms with Crippen LogP contribution >= 0.6 is 47.8 Å². The number of hydrogen-bond donors (Lipinski definition) is 3. The molecule has 2 amide bonds. The van der Waals surface area contributed by atoms with E-state index in [1.165, 1.54) is 0 Å². The van der Waals surface area contributed by atoms with E-state index >= 15 is 0 Å². The summed E-state index contributed by atoms with van der Waals surface area (Å²) in [6, 6.07) is 0. The smallest absolute Gasteiger partial charge is 0.426 e. The van der Waals surface area contributed by atoms with Crippen molar-refractivity contribution in [1.29, 1.82) is 0 Å². The molecule has 0 aliphatic rings. The number of nitrogens with one attached hydrogen (secondary N) is 2. The van der Waals surface area contributed by atoms with Crippen LogP contribution in [0.2, 0.25) is 0 Å². The minimum absolute atomic E-state index is 0.0634. The highest BCUT2D eigenvalue weighted by molar-refractivity contribution is 9.12. The zero-order valence-corrected chi connectivity index (χ0v) is 20.4. The number of alkyl halides is 3. The number of benzene rings is 1. The molecule has 0 spiro atoms. The topological polar surface area (TPSA) is 139 Å². The number of ether oxygens (including phenoxy) is 1. The van der Waals surface area contributed by atoms with Gasteiger partial charge in [0.1, 0.15) is 5.75 Å². The van der Waals surface area contributed by atoms with Crippen molar-refractivity contribution < 1.29 is 45.3 Å². The summed E-state index contributed by atoms with van der Waals surface area (Å²) in [5.41, 5.74) is -0.852. The van der Waals surface area contributed by atoms with Crippen LogP contribution in [0.15, 0.2) is 13.4 Å². The predicted molar refractivity (Wildman–Crippen MR) is 110 cm³/mol. The zero-order chi connectivity index (χ0) is 23.6. The Morgan fingerprint density at radius 2 is 1.40 bits per heavy atom. The molecule has 0 saturated carbocycles. The third kappa shape index (κ3) is 7.18. The molecule has 168 valence electrons. The first kappa shape index (κ1) is 26.8. The fraction of sp³-hybridized carbons (Fsp3) is 0.357. The number of hydrogen-bond acceptors (Lipinski definition) is 6. The summed E-state index contributed by atoms with van der Waals surface area (Å²) in [5.74, 6) is -4.83. The fourth-order valence-electron chi connectivity index (χ4n) is 1.99. The molecule has 30 heavy (non-hydrogen) atoms. The molecular weight excluding hydrogens is 637 g/mol. The Kier molecular flexibility index (Phi) is 8.87. The van der Waals surface area contributed by atoms with Gasteiger partial charge in [-0.3, -0.25) is 14.1 Å². The van der Waals surface area contributed by atoms with Crippen molar-refractivity contribution in [1.82, 2.24) is 0 Å². The van der Waals surface area contributed by atoms with Gasteiger partial charge in [-0.25, -0.2) is 4.79 Å². The first-order valence-electron chi connectivity index (χ1n) is 7.44. The molecule has 0 bridgehead atoms. The molecule has 16 heteroatoms. The summed E-state index contributed by atoms with van der Waals surface area (Å²) in [7, 11) is -5.15. The first-order valence-corrected chi connectivity index (χ1v) is 11.4. The lowest BCUT2D eigenvalue weighted by molar-refractivity contribution is -0.197. The maximum Gasteiger partial charge on any atom is 0.426 e. The quantitative estimate of drug-likeness (QED) is 0.315. The van der Waals surface area contributed by atoms with Gasteiger partial charge in [0, 0.05) is 13.8 Å². The van der Waals surface area contributed by atoms with Crippen LogP contribution in [0.1, 0.15) is 24.2 Å². The fourth-order valence-corrected chi connectivity index (χ4v) is 5.34. The molecule has 1 atom stereocenters. The molecular formula is C14H12Br3F3N2O7S. The number of amides is 2. The van der Waals surface area contributed by atoms with E-state index in [1.807, 2.05) is 0 Å². The lowest BCUT2D eigenvalue weighted by Gasteiger charge is -2.22. The van der Waals surface area contributed by atoms with Gasteiger partial charge in [-0.05, 0) is 47.8 Å². The van der Waals surface area contributed by atoms with Crippen molar-refractivity contribution in [2.24, 2.45) is 0 Å². The summed E-state index contributed by atoms with van der Waals surface area (Å²) < 4.78 is 73.7. The molecule has 0 heterocycles. The summed E-state index contributed by atoms with van der Waals surface area (Å²) in [6.45, 7) is 2.23. The monoisotopic (exact) mass is 646 g/mol. The second-order valence-electron chi connectivity index (χ2n) is 5.61. The van der Waals surface area contributed by atoms with E-state index in [-0.39, 0.29) is 24.8 Å². The lowest BCUT2D eigenvalue weighted by Crippen LogP contribution is -2.39. The molecule has 1 rings (SSSR count). The standard InChI is InChI=1S/C14H12Br3F3N2O7S/c1-4(23)21-11-8(15)7(9(16)12(10(11)17)22-5(2)24)13(25)29-6(14(18,19)20)3-30(26,27)28/h6H,3H2,1-2H3,(H,21,23)(H,22,24)(H,26,27,28).